The lowest BCUT2D eigenvalue weighted by Gasteiger charge is -2.28. The lowest BCUT2D eigenvalue weighted by atomic mass is 9.98. The van der Waals surface area contributed by atoms with Crippen molar-refractivity contribution < 1.29 is 0 Å². The molecular formula is C52H36N2S. The van der Waals surface area contributed by atoms with Crippen molar-refractivity contribution in [2.45, 2.75) is 0 Å². The van der Waals surface area contributed by atoms with Gasteiger partial charge in [0.15, 0.2) is 0 Å². The van der Waals surface area contributed by atoms with Crippen LogP contribution >= 0.6 is 11.3 Å². The van der Waals surface area contributed by atoms with E-state index >= 15 is 0 Å². The van der Waals surface area contributed by atoms with Crippen LogP contribution in [-0.2, 0) is 0 Å². The van der Waals surface area contributed by atoms with Crippen molar-refractivity contribution >= 4 is 76.4 Å². The fourth-order valence-electron chi connectivity index (χ4n) is 7.80. The van der Waals surface area contributed by atoms with Gasteiger partial charge in [0.25, 0.3) is 0 Å². The highest BCUT2D eigenvalue weighted by Crippen LogP contribution is 2.47. The summed E-state index contributed by atoms with van der Waals surface area (Å²) in [7, 11) is 0. The van der Waals surface area contributed by atoms with Crippen molar-refractivity contribution in [3.63, 3.8) is 0 Å². The van der Waals surface area contributed by atoms with E-state index in [4.69, 9.17) is 0 Å². The van der Waals surface area contributed by atoms with Crippen molar-refractivity contribution in [1.29, 1.82) is 0 Å². The van der Waals surface area contributed by atoms with Crippen LogP contribution in [0, 0.1) is 0 Å². The SMILES string of the molecule is c1ccc(-c2ccc(N(c3ccccc3)c3ccc(-c4cc(N(c5ccccc5)c5cccc6c5sc5ccccc56)c5ccccc5c4)cc3)cc2)cc1. The van der Waals surface area contributed by atoms with Gasteiger partial charge in [-0.25, -0.2) is 0 Å². The van der Waals surface area contributed by atoms with Gasteiger partial charge in [-0.2, -0.15) is 0 Å². The molecule has 55 heavy (non-hydrogen) atoms. The number of rotatable bonds is 8. The van der Waals surface area contributed by atoms with Gasteiger partial charge in [0, 0.05) is 43.6 Å². The van der Waals surface area contributed by atoms with Gasteiger partial charge in [0.2, 0.25) is 0 Å². The number of nitrogens with zero attached hydrogens (tertiary/aromatic N) is 2. The van der Waals surface area contributed by atoms with Gasteiger partial charge >= 0.3 is 0 Å². The minimum atomic E-state index is 1.10. The summed E-state index contributed by atoms with van der Waals surface area (Å²) in [6, 6.07) is 78.7. The first kappa shape index (κ1) is 32.7. The maximum Gasteiger partial charge on any atom is 0.0640 e. The zero-order valence-corrected chi connectivity index (χ0v) is 30.9. The molecule has 0 saturated heterocycles. The summed E-state index contributed by atoms with van der Waals surface area (Å²) >= 11 is 1.87. The predicted octanol–water partition coefficient (Wildman–Crippen LogP) is 15.5. The van der Waals surface area contributed by atoms with Gasteiger partial charge in [0.1, 0.15) is 0 Å². The Morgan fingerprint density at radius 3 is 1.45 bits per heavy atom. The largest absolute Gasteiger partial charge is 0.311 e. The van der Waals surface area contributed by atoms with Crippen LogP contribution in [0.2, 0.25) is 0 Å². The lowest BCUT2D eigenvalue weighted by molar-refractivity contribution is 1.28. The molecule has 0 amide bonds. The molecule has 0 aliphatic rings. The summed E-state index contributed by atoms with van der Waals surface area (Å²) in [5.74, 6) is 0. The van der Waals surface area contributed by atoms with Crippen LogP contribution in [0.25, 0.3) is 53.2 Å². The third-order valence-corrected chi connectivity index (χ3v) is 11.6. The second-order valence-corrected chi connectivity index (χ2v) is 14.8. The zero-order chi connectivity index (χ0) is 36.6. The Balaban J connectivity index is 1.09. The molecule has 0 atom stereocenters. The number of fused-ring (bicyclic) bond motifs is 4. The molecule has 2 nitrogen and oxygen atoms in total. The van der Waals surface area contributed by atoms with Crippen LogP contribution in [0.4, 0.5) is 34.1 Å². The number of para-hydroxylation sites is 2. The zero-order valence-electron chi connectivity index (χ0n) is 30.1. The summed E-state index contributed by atoms with van der Waals surface area (Å²) in [6.07, 6.45) is 0. The molecule has 260 valence electrons. The third-order valence-electron chi connectivity index (χ3n) is 10.4. The van der Waals surface area contributed by atoms with Crippen LogP contribution in [0.3, 0.4) is 0 Å². The van der Waals surface area contributed by atoms with Gasteiger partial charge in [-0.15, -0.1) is 11.3 Å². The molecule has 10 aromatic rings. The Morgan fingerprint density at radius 1 is 0.291 bits per heavy atom. The highest BCUT2D eigenvalue weighted by Gasteiger charge is 2.21. The van der Waals surface area contributed by atoms with E-state index in [-0.39, 0.29) is 0 Å². The van der Waals surface area contributed by atoms with Crippen LogP contribution in [0.1, 0.15) is 0 Å². The monoisotopic (exact) mass is 720 g/mol. The second kappa shape index (κ2) is 14.1. The summed E-state index contributed by atoms with van der Waals surface area (Å²) in [5, 5.41) is 4.99. The number of hydrogen-bond donors (Lipinski definition) is 0. The molecule has 3 heteroatoms. The molecule has 0 saturated carbocycles. The van der Waals surface area contributed by atoms with Crippen LogP contribution < -0.4 is 9.80 Å². The molecule has 0 bridgehead atoms. The normalized spacial score (nSPS) is 11.3. The smallest absolute Gasteiger partial charge is 0.0640 e. The van der Waals surface area contributed by atoms with Crippen LogP contribution in [-0.4, -0.2) is 0 Å². The molecule has 9 aromatic carbocycles. The van der Waals surface area contributed by atoms with Crippen LogP contribution in [0.15, 0.2) is 218 Å². The molecule has 0 aliphatic heterocycles. The number of hydrogen-bond acceptors (Lipinski definition) is 3. The van der Waals surface area contributed by atoms with Gasteiger partial charge < -0.3 is 9.80 Å². The van der Waals surface area contributed by atoms with E-state index < -0.39 is 0 Å². The lowest BCUT2D eigenvalue weighted by Crippen LogP contribution is -2.11. The number of benzene rings is 9. The number of thiophene rings is 1. The van der Waals surface area contributed by atoms with Gasteiger partial charge in [0.05, 0.1) is 16.1 Å². The van der Waals surface area contributed by atoms with Crippen molar-refractivity contribution in [2.75, 3.05) is 9.80 Å². The van der Waals surface area contributed by atoms with Gasteiger partial charge in [-0.1, -0.05) is 146 Å². The van der Waals surface area contributed by atoms with E-state index in [2.05, 4.69) is 228 Å². The molecule has 0 spiro atoms. The molecule has 0 N–H and O–H groups in total. The Bertz CT molecular complexity index is 2900. The molecule has 0 aliphatic carbocycles. The first-order valence-corrected chi connectivity index (χ1v) is 19.5. The fraction of sp³-hybridized carbons (Fsp3) is 0. The van der Waals surface area contributed by atoms with E-state index in [0.29, 0.717) is 0 Å². The molecule has 1 aromatic heterocycles. The number of anilines is 6. The molecular weight excluding hydrogens is 685 g/mol. The van der Waals surface area contributed by atoms with Crippen molar-refractivity contribution in [3.8, 4) is 22.3 Å². The standard InChI is InChI=1S/C52H36N2S/c1-4-15-37(16-5-1)38-27-31-44(32-28-38)53(42-18-6-2-7-19-42)45-33-29-39(30-34-45)41-35-40-17-10-11-22-46(40)50(36-41)54(43-20-8-3-9-21-43)49-25-14-24-48-47-23-12-13-26-51(47)55-52(48)49/h1-36H. The fourth-order valence-corrected chi connectivity index (χ4v) is 9.00. The Labute approximate surface area is 325 Å². The third kappa shape index (κ3) is 6.11. The highest BCUT2D eigenvalue weighted by molar-refractivity contribution is 7.26. The molecule has 1 heterocycles. The predicted molar refractivity (Wildman–Crippen MR) is 237 cm³/mol. The Kier molecular flexibility index (Phi) is 8.40. The molecule has 10 rings (SSSR count). The Hall–Kier alpha value is -6.94. The second-order valence-electron chi connectivity index (χ2n) is 13.8. The molecule has 0 fully saturated rings. The minimum absolute atomic E-state index is 1.10. The quantitative estimate of drug-likeness (QED) is 0.154. The topological polar surface area (TPSA) is 6.48 Å². The van der Waals surface area contributed by atoms with Crippen LogP contribution in [0.5, 0.6) is 0 Å². The summed E-state index contributed by atoms with van der Waals surface area (Å²) in [6.45, 7) is 0. The van der Waals surface area contributed by atoms with Crippen molar-refractivity contribution in [2.24, 2.45) is 0 Å². The van der Waals surface area contributed by atoms with Crippen molar-refractivity contribution in [3.05, 3.63) is 218 Å². The van der Waals surface area contributed by atoms with E-state index in [1.807, 2.05) is 11.3 Å². The van der Waals surface area contributed by atoms with Crippen molar-refractivity contribution in [1.82, 2.24) is 0 Å². The first-order valence-electron chi connectivity index (χ1n) is 18.7. The molecule has 0 radical (unpaired) electrons. The summed E-state index contributed by atoms with van der Waals surface area (Å²) < 4.78 is 2.58. The Morgan fingerprint density at radius 2 is 0.782 bits per heavy atom. The summed E-state index contributed by atoms with van der Waals surface area (Å²) in [5.41, 5.74) is 11.5. The maximum absolute atomic E-state index is 2.45. The molecule has 0 unspecified atom stereocenters. The maximum atomic E-state index is 2.45. The average molecular weight is 721 g/mol. The average Bonchev–Trinajstić information content (AvgIpc) is 3.65. The van der Waals surface area contributed by atoms with Gasteiger partial charge in [-0.3, -0.25) is 0 Å². The first-order chi connectivity index (χ1) is 27.3. The van der Waals surface area contributed by atoms with E-state index in [1.165, 1.54) is 53.3 Å². The van der Waals surface area contributed by atoms with Gasteiger partial charge in [-0.05, 0) is 100 Å². The van der Waals surface area contributed by atoms with E-state index in [9.17, 15) is 0 Å². The highest BCUT2D eigenvalue weighted by atomic mass is 32.1. The summed E-state index contributed by atoms with van der Waals surface area (Å²) in [4.78, 5) is 4.78. The minimum Gasteiger partial charge on any atom is -0.311 e. The van der Waals surface area contributed by atoms with E-state index in [1.54, 1.807) is 0 Å². The van der Waals surface area contributed by atoms with E-state index in [0.717, 1.165) is 34.0 Å².